The lowest BCUT2D eigenvalue weighted by atomic mass is 10.2. The van der Waals surface area contributed by atoms with Gasteiger partial charge in [0.05, 0.1) is 9.80 Å². The van der Waals surface area contributed by atoms with Crippen molar-refractivity contribution in [2.75, 3.05) is 39.8 Å². The van der Waals surface area contributed by atoms with Gasteiger partial charge < -0.3 is 15.1 Å². The van der Waals surface area contributed by atoms with Crippen LogP contribution in [0.4, 0.5) is 5.00 Å². The fourth-order valence-corrected chi connectivity index (χ4v) is 3.03. The zero-order chi connectivity index (χ0) is 16.1. The van der Waals surface area contributed by atoms with Crippen molar-refractivity contribution < 1.29 is 14.5 Å². The van der Waals surface area contributed by atoms with Crippen molar-refractivity contribution in [3.63, 3.8) is 0 Å². The van der Waals surface area contributed by atoms with Crippen molar-refractivity contribution >= 4 is 28.2 Å². The number of nitrogens with zero attached hydrogens (tertiary/aromatic N) is 3. The van der Waals surface area contributed by atoms with E-state index in [1.54, 1.807) is 16.8 Å². The van der Waals surface area contributed by atoms with Crippen molar-refractivity contribution in [3.05, 3.63) is 27.1 Å². The van der Waals surface area contributed by atoms with E-state index < -0.39 is 4.92 Å². The average molecular weight is 326 g/mol. The topological polar surface area (TPSA) is 95.8 Å². The SMILES string of the molecule is CNCCC(=O)N1CCN(C(=O)c2ccc([N+](=O)[O-])s2)CC1. The molecule has 22 heavy (non-hydrogen) atoms. The second kappa shape index (κ2) is 7.32. The Morgan fingerprint density at radius 2 is 1.91 bits per heavy atom. The Labute approximate surface area is 131 Å². The Morgan fingerprint density at radius 3 is 2.45 bits per heavy atom. The van der Waals surface area contributed by atoms with E-state index in [4.69, 9.17) is 0 Å². The highest BCUT2D eigenvalue weighted by atomic mass is 32.1. The molecule has 0 aliphatic carbocycles. The summed E-state index contributed by atoms with van der Waals surface area (Å²) in [6.07, 6.45) is 0.446. The van der Waals surface area contributed by atoms with E-state index in [2.05, 4.69) is 5.32 Å². The molecule has 1 aliphatic heterocycles. The van der Waals surface area contributed by atoms with Gasteiger partial charge in [0, 0.05) is 45.2 Å². The number of hydrogen-bond acceptors (Lipinski definition) is 6. The summed E-state index contributed by atoms with van der Waals surface area (Å²) in [5.74, 6) is -0.131. The van der Waals surface area contributed by atoms with Gasteiger partial charge in [0.1, 0.15) is 0 Å². The zero-order valence-corrected chi connectivity index (χ0v) is 13.1. The van der Waals surface area contributed by atoms with Gasteiger partial charge in [0.15, 0.2) is 0 Å². The van der Waals surface area contributed by atoms with Crippen LogP contribution >= 0.6 is 11.3 Å². The van der Waals surface area contributed by atoms with E-state index in [0.29, 0.717) is 44.0 Å². The van der Waals surface area contributed by atoms with E-state index in [9.17, 15) is 19.7 Å². The lowest BCUT2D eigenvalue weighted by Crippen LogP contribution is -2.50. The molecule has 0 unspecified atom stereocenters. The van der Waals surface area contributed by atoms with Crippen molar-refractivity contribution in [1.29, 1.82) is 0 Å². The first-order valence-corrected chi connectivity index (χ1v) is 7.80. The molecule has 0 aromatic carbocycles. The molecule has 1 N–H and O–H groups in total. The molecule has 1 aromatic heterocycles. The molecule has 0 saturated carbocycles. The predicted octanol–water partition coefficient (Wildman–Crippen LogP) is 0.550. The van der Waals surface area contributed by atoms with E-state index in [0.717, 1.165) is 11.3 Å². The van der Waals surface area contributed by atoms with Gasteiger partial charge in [-0.3, -0.25) is 19.7 Å². The number of rotatable bonds is 5. The summed E-state index contributed by atoms with van der Waals surface area (Å²) in [5.41, 5.74) is 0. The van der Waals surface area contributed by atoms with Crippen LogP contribution in [-0.2, 0) is 4.79 Å². The number of amides is 2. The molecule has 0 atom stereocenters. The summed E-state index contributed by atoms with van der Waals surface area (Å²) in [6, 6.07) is 2.82. The Morgan fingerprint density at radius 1 is 1.27 bits per heavy atom. The molecule has 0 radical (unpaired) electrons. The van der Waals surface area contributed by atoms with Crippen LogP contribution in [0.5, 0.6) is 0 Å². The minimum atomic E-state index is -0.500. The molecular formula is C13H18N4O4S. The van der Waals surface area contributed by atoms with Crippen molar-refractivity contribution in [1.82, 2.24) is 15.1 Å². The van der Waals surface area contributed by atoms with E-state index >= 15 is 0 Å². The maximum Gasteiger partial charge on any atom is 0.324 e. The quantitative estimate of drug-likeness (QED) is 0.630. The molecule has 1 saturated heterocycles. The van der Waals surface area contributed by atoms with E-state index in [-0.39, 0.29) is 16.8 Å². The number of piperazine rings is 1. The van der Waals surface area contributed by atoms with Crippen LogP contribution in [0.1, 0.15) is 16.1 Å². The Balaban J connectivity index is 1.89. The van der Waals surface area contributed by atoms with Crippen LogP contribution in [0.2, 0.25) is 0 Å². The summed E-state index contributed by atoms with van der Waals surface area (Å²) in [6.45, 7) is 2.55. The van der Waals surface area contributed by atoms with Gasteiger partial charge in [-0.1, -0.05) is 11.3 Å². The zero-order valence-electron chi connectivity index (χ0n) is 12.3. The van der Waals surface area contributed by atoms with Crippen LogP contribution in [0.15, 0.2) is 12.1 Å². The summed E-state index contributed by atoms with van der Waals surface area (Å²) in [5, 5.41) is 13.6. The van der Waals surface area contributed by atoms with E-state index in [1.807, 2.05) is 0 Å². The number of carbonyl (C=O) groups is 2. The van der Waals surface area contributed by atoms with Crippen LogP contribution in [0, 0.1) is 10.1 Å². The third-order valence-electron chi connectivity index (χ3n) is 3.49. The molecular weight excluding hydrogens is 308 g/mol. The summed E-state index contributed by atoms with van der Waals surface area (Å²) >= 11 is 0.882. The minimum Gasteiger partial charge on any atom is -0.339 e. The van der Waals surface area contributed by atoms with Gasteiger partial charge in [0.25, 0.3) is 5.91 Å². The molecule has 120 valence electrons. The fraction of sp³-hybridized carbons (Fsp3) is 0.538. The number of nitro groups is 1. The monoisotopic (exact) mass is 326 g/mol. The van der Waals surface area contributed by atoms with Gasteiger partial charge in [-0.15, -0.1) is 0 Å². The average Bonchev–Trinajstić information content (AvgIpc) is 3.02. The van der Waals surface area contributed by atoms with Gasteiger partial charge >= 0.3 is 5.00 Å². The standard InChI is InChI=1S/C13H18N4O4S/c1-14-5-4-11(18)15-6-8-16(9-7-15)13(19)10-2-3-12(22-10)17(20)21/h2-3,14H,4-9H2,1H3. The van der Waals surface area contributed by atoms with Crippen LogP contribution in [-0.4, -0.2) is 66.3 Å². The first-order valence-electron chi connectivity index (χ1n) is 6.99. The Hall–Kier alpha value is -2.00. The number of nitrogens with one attached hydrogen (secondary N) is 1. The highest BCUT2D eigenvalue weighted by Gasteiger charge is 2.26. The van der Waals surface area contributed by atoms with Gasteiger partial charge in [0.2, 0.25) is 5.91 Å². The van der Waals surface area contributed by atoms with Gasteiger partial charge in [-0.2, -0.15) is 0 Å². The molecule has 2 rings (SSSR count). The molecule has 2 heterocycles. The first kappa shape index (κ1) is 16.4. The highest BCUT2D eigenvalue weighted by molar-refractivity contribution is 7.17. The molecule has 8 nitrogen and oxygen atoms in total. The fourth-order valence-electron chi connectivity index (χ4n) is 2.25. The summed E-state index contributed by atoms with van der Waals surface area (Å²) < 4.78 is 0. The second-order valence-corrected chi connectivity index (χ2v) is 5.98. The molecule has 1 aliphatic rings. The molecule has 0 bridgehead atoms. The predicted molar refractivity (Wildman–Crippen MR) is 82.0 cm³/mol. The number of thiophene rings is 1. The molecule has 1 aromatic rings. The normalized spacial score (nSPS) is 15.0. The molecule has 2 amide bonds. The molecule has 1 fully saturated rings. The van der Waals surface area contributed by atoms with Crippen molar-refractivity contribution in [2.24, 2.45) is 0 Å². The second-order valence-electron chi connectivity index (χ2n) is 4.92. The van der Waals surface area contributed by atoms with Crippen LogP contribution in [0.3, 0.4) is 0 Å². The number of hydrogen-bond donors (Lipinski definition) is 1. The Bertz CT molecular complexity index is 566. The van der Waals surface area contributed by atoms with E-state index in [1.165, 1.54) is 12.1 Å². The van der Waals surface area contributed by atoms with Crippen molar-refractivity contribution in [3.8, 4) is 0 Å². The summed E-state index contributed by atoms with van der Waals surface area (Å²) in [4.78, 5) is 38.1. The lowest BCUT2D eigenvalue weighted by Gasteiger charge is -2.34. The van der Waals surface area contributed by atoms with Crippen LogP contribution < -0.4 is 5.32 Å². The smallest absolute Gasteiger partial charge is 0.324 e. The van der Waals surface area contributed by atoms with Crippen molar-refractivity contribution in [2.45, 2.75) is 6.42 Å². The molecule has 0 spiro atoms. The Kier molecular flexibility index (Phi) is 5.45. The lowest BCUT2D eigenvalue weighted by molar-refractivity contribution is -0.380. The summed E-state index contributed by atoms with van der Waals surface area (Å²) in [7, 11) is 1.80. The third-order valence-corrected chi connectivity index (χ3v) is 4.52. The van der Waals surface area contributed by atoms with Gasteiger partial charge in [-0.05, 0) is 13.1 Å². The third kappa shape index (κ3) is 3.80. The number of carbonyl (C=O) groups excluding carboxylic acids is 2. The maximum atomic E-state index is 12.3. The largest absolute Gasteiger partial charge is 0.339 e. The maximum absolute atomic E-state index is 12.3. The highest BCUT2D eigenvalue weighted by Crippen LogP contribution is 2.25. The minimum absolute atomic E-state index is 0.0378. The van der Waals surface area contributed by atoms with Gasteiger partial charge in [-0.25, -0.2) is 0 Å². The first-order chi connectivity index (χ1) is 10.5. The van der Waals surface area contributed by atoms with Crippen LogP contribution in [0.25, 0.3) is 0 Å². The molecule has 9 heteroatoms.